The smallest absolute Gasteiger partial charge is 0.472 e. The Hall–Kier alpha value is -3.49. The van der Waals surface area contributed by atoms with Crippen molar-refractivity contribution < 1.29 is 62.5 Å². The predicted octanol–water partition coefficient (Wildman–Crippen LogP) is 8.31. The first-order chi connectivity index (χ1) is 29.3. The van der Waals surface area contributed by atoms with E-state index >= 15 is 0 Å². The Morgan fingerprint density at radius 2 is 1.39 bits per heavy atom. The third-order valence-corrected chi connectivity index (χ3v) is 10.8. The normalized spacial score (nSPS) is 19.8. The molecule has 0 spiro atoms. The third kappa shape index (κ3) is 29.4. The molecule has 0 amide bonds. The number of Topliss-reactive ketones (excluding diaryl/α,β-unsaturated/α-hetero) is 1. The van der Waals surface area contributed by atoms with Crippen molar-refractivity contribution in [2.75, 3.05) is 19.8 Å². The summed E-state index contributed by atoms with van der Waals surface area (Å²) in [6, 6.07) is -1.57. The van der Waals surface area contributed by atoms with Gasteiger partial charge in [0, 0.05) is 31.1 Å². The molecule has 1 aliphatic carbocycles. The fraction of sp³-hybridized carbons (Fsp3) is 0.652. The van der Waals surface area contributed by atoms with Crippen LogP contribution < -0.4 is 5.73 Å². The van der Waals surface area contributed by atoms with Crippen LogP contribution in [0.1, 0.15) is 136 Å². The van der Waals surface area contributed by atoms with Crippen molar-refractivity contribution in [1.29, 1.82) is 0 Å². The molecular formula is C46H74NO13P. The molecular weight excluding hydrogens is 805 g/mol. The van der Waals surface area contributed by atoms with Crippen molar-refractivity contribution in [2.24, 2.45) is 17.6 Å². The Morgan fingerprint density at radius 3 is 2.07 bits per heavy atom. The number of hydrogen-bond donors (Lipinski definition) is 5. The number of esters is 2. The van der Waals surface area contributed by atoms with Gasteiger partial charge < -0.3 is 35.4 Å². The Bertz CT molecular complexity index is 1470. The molecule has 0 aromatic rings. The number of phosphoric acid groups is 1. The second kappa shape index (κ2) is 35.0. The molecule has 0 bridgehead atoms. The molecule has 346 valence electrons. The van der Waals surface area contributed by atoms with Gasteiger partial charge in [0.25, 0.3) is 0 Å². The first kappa shape index (κ1) is 55.5. The largest absolute Gasteiger partial charge is 0.480 e. The Kier molecular flexibility index (Phi) is 31.9. The highest BCUT2D eigenvalue weighted by Crippen LogP contribution is 2.43. The summed E-state index contributed by atoms with van der Waals surface area (Å²) >= 11 is 0. The lowest BCUT2D eigenvalue weighted by Gasteiger charge is -2.20. The maximum absolute atomic E-state index is 12.7. The fourth-order valence-electron chi connectivity index (χ4n) is 6.27. The van der Waals surface area contributed by atoms with Crippen LogP contribution in [0.5, 0.6) is 0 Å². The monoisotopic (exact) mass is 879 g/mol. The van der Waals surface area contributed by atoms with Crippen LogP contribution in [0.25, 0.3) is 0 Å². The summed E-state index contributed by atoms with van der Waals surface area (Å²) in [6.45, 7) is 2.27. The molecule has 6 N–H and O–H groups in total. The number of ketones is 1. The molecule has 0 aromatic carbocycles. The van der Waals surface area contributed by atoms with E-state index in [-0.39, 0.29) is 31.0 Å². The number of carboxylic acid groups (broad SMARTS) is 1. The Morgan fingerprint density at radius 1 is 0.787 bits per heavy atom. The predicted molar refractivity (Wildman–Crippen MR) is 236 cm³/mol. The van der Waals surface area contributed by atoms with Crippen LogP contribution in [0, 0.1) is 11.8 Å². The van der Waals surface area contributed by atoms with Crippen LogP contribution in [0.15, 0.2) is 72.9 Å². The molecule has 14 nitrogen and oxygen atoms in total. The van der Waals surface area contributed by atoms with Gasteiger partial charge in [-0.1, -0.05) is 119 Å². The number of hydrogen-bond acceptors (Lipinski definition) is 12. The van der Waals surface area contributed by atoms with Crippen molar-refractivity contribution in [2.45, 2.75) is 160 Å². The molecule has 0 aromatic heterocycles. The number of allylic oxidation sites excluding steroid dienone is 11. The molecule has 1 saturated carbocycles. The summed E-state index contributed by atoms with van der Waals surface area (Å²) in [5.41, 5.74) is 5.32. The number of nitrogens with two attached hydrogens (primary N) is 1. The molecule has 1 rings (SSSR count). The molecule has 61 heavy (non-hydrogen) atoms. The van der Waals surface area contributed by atoms with Crippen LogP contribution in [0.2, 0.25) is 0 Å². The van der Waals surface area contributed by atoms with Crippen LogP contribution in [0.4, 0.5) is 0 Å². The van der Waals surface area contributed by atoms with Crippen molar-refractivity contribution in [3.05, 3.63) is 72.9 Å². The highest BCUT2D eigenvalue weighted by molar-refractivity contribution is 7.47. The topological polar surface area (TPSA) is 229 Å². The van der Waals surface area contributed by atoms with E-state index in [9.17, 15) is 38.8 Å². The number of ether oxygens (including phenoxy) is 2. The standard InChI is InChI=1S/C46H74NO13P/c1-3-5-7-8-9-10-11-12-13-14-15-16-17-18-19-20-26-30-45(52)60-38(35-58-61(55,56)59-36-41(47)46(53)54)34-57-44(51)29-25-22-21-24-28-39-40(43(50)33-42(39)49)32-31-37(48)27-23-6-4-2/h5,7,9-10,12-13,15-16,21,24,31-32,37-42,48-49H,3-4,6,8,11,14,17-20,22-23,25-30,33-36,47H2,1-2H3,(H,53,54)(H,55,56)/b7-5-,10-9-,13-12-,16-15-,24-21-,32-31+/t37-,38+,39+,40+,41-,42-/m0/s1. The molecule has 0 aliphatic heterocycles. The van der Waals surface area contributed by atoms with E-state index in [0.717, 1.165) is 70.6 Å². The Labute approximate surface area is 363 Å². The van der Waals surface area contributed by atoms with Crippen molar-refractivity contribution in [3.63, 3.8) is 0 Å². The molecule has 0 saturated heterocycles. The number of aliphatic hydroxyl groups excluding tert-OH is 2. The average Bonchev–Trinajstić information content (AvgIpc) is 3.49. The number of carbonyl (C=O) groups excluding carboxylic acids is 3. The zero-order valence-electron chi connectivity index (χ0n) is 36.4. The van der Waals surface area contributed by atoms with E-state index in [4.69, 9.17) is 24.8 Å². The van der Waals surface area contributed by atoms with Gasteiger partial charge in [-0.3, -0.25) is 28.2 Å². The highest BCUT2D eigenvalue weighted by atomic mass is 31.2. The quantitative estimate of drug-likeness (QED) is 0.0173. The summed E-state index contributed by atoms with van der Waals surface area (Å²) in [5, 5.41) is 29.6. The number of carboxylic acids is 1. The van der Waals surface area contributed by atoms with Gasteiger partial charge in [-0.05, 0) is 70.6 Å². The number of phosphoric ester groups is 1. The number of rotatable bonds is 36. The van der Waals surface area contributed by atoms with E-state index in [1.165, 1.54) is 0 Å². The number of aliphatic carboxylic acids is 1. The lowest BCUT2D eigenvalue weighted by Crippen LogP contribution is -2.34. The number of carbonyl (C=O) groups is 4. The summed E-state index contributed by atoms with van der Waals surface area (Å²) in [5.74, 6) is -3.48. The lowest BCUT2D eigenvalue weighted by molar-refractivity contribution is -0.161. The molecule has 0 radical (unpaired) electrons. The van der Waals surface area contributed by atoms with Gasteiger partial charge in [-0.2, -0.15) is 0 Å². The first-order valence-electron chi connectivity index (χ1n) is 22.1. The molecule has 1 fully saturated rings. The summed E-state index contributed by atoms with van der Waals surface area (Å²) in [4.78, 5) is 58.7. The summed E-state index contributed by atoms with van der Waals surface area (Å²) in [7, 11) is -4.79. The maximum Gasteiger partial charge on any atom is 0.472 e. The molecule has 1 unspecified atom stereocenters. The minimum absolute atomic E-state index is 0.0211. The van der Waals surface area contributed by atoms with E-state index in [1.54, 1.807) is 12.2 Å². The second-order valence-electron chi connectivity index (χ2n) is 15.2. The van der Waals surface area contributed by atoms with Gasteiger partial charge in [0.05, 0.1) is 25.4 Å². The average molecular weight is 880 g/mol. The maximum atomic E-state index is 12.7. The fourth-order valence-corrected chi connectivity index (χ4v) is 7.05. The molecule has 7 atom stereocenters. The van der Waals surface area contributed by atoms with Crippen LogP contribution >= 0.6 is 7.82 Å². The second-order valence-corrected chi connectivity index (χ2v) is 16.7. The molecule has 15 heteroatoms. The molecule has 0 heterocycles. The first-order valence-corrected chi connectivity index (χ1v) is 23.6. The van der Waals surface area contributed by atoms with E-state index in [1.807, 2.05) is 12.2 Å². The van der Waals surface area contributed by atoms with Gasteiger partial charge in [0.15, 0.2) is 6.10 Å². The van der Waals surface area contributed by atoms with E-state index in [0.29, 0.717) is 32.1 Å². The van der Waals surface area contributed by atoms with E-state index < -0.39 is 75.8 Å². The van der Waals surface area contributed by atoms with Gasteiger partial charge in [-0.15, -0.1) is 0 Å². The number of unbranched alkanes of at least 4 members (excludes halogenated alkanes) is 7. The molecule has 1 aliphatic rings. The number of aliphatic hydroxyl groups is 2. The zero-order chi connectivity index (χ0) is 45.1. The van der Waals surface area contributed by atoms with Gasteiger partial charge in [0.2, 0.25) is 0 Å². The Balaban J connectivity index is 2.52. The van der Waals surface area contributed by atoms with Crippen LogP contribution in [-0.4, -0.2) is 88.1 Å². The van der Waals surface area contributed by atoms with Gasteiger partial charge >= 0.3 is 25.7 Å². The minimum atomic E-state index is -4.79. The van der Waals surface area contributed by atoms with E-state index in [2.05, 4.69) is 67.0 Å². The van der Waals surface area contributed by atoms with Crippen molar-refractivity contribution in [3.8, 4) is 0 Å². The third-order valence-electron chi connectivity index (χ3n) is 9.82. The van der Waals surface area contributed by atoms with Gasteiger partial charge in [-0.25, -0.2) is 4.57 Å². The minimum Gasteiger partial charge on any atom is -0.480 e. The SMILES string of the molecule is CC/C=C\C/C=C\C/C=C\C/C=C\CCCCCCC(=O)O[C@H](COC(=O)CCC/C=C\C[C@H]1[C@@H](O)CC(=O)[C@@H]1/C=C/[C@@H](O)CCCCC)COP(=O)(O)OC[C@H](N)C(=O)O. The summed E-state index contributed by atoms with van der Waals surface area (Å²) in [6.07, 6.45) is 34.8. The zero-order valence-corrected chi connectivity index (χ0v) is 37.3. The summed E-state index contributed by atoms with van der Waals surface area (Å²) < 4.78 is 32.6. The van der Waals surface area contributed by atoms with Crippen LogP contribution in [-0.2, 0) is 42.3 Å². The highest BCUT2D eigenvalue weighted by Gasteiger charge is 2.39. The van der Waals surface area contributed by atoms with Gasteiger partial charge in [0.1, 0.15) is 18.4 Å². The van der Waals surface area contributed by atoms with Crippen molar-refractivity contribution >= 4 is 31.5 Å². The van der Waals surface area contributed by atoms with Crippen molar-refractivity contribution in [1.82, 2.24) is 0 Å². The van der Waals surface area contributed by atoms with Crippen LogP contribution in [0.3, 0.4) is 0 Å². The lowest BCUT2D eigenvalue weighted by atomic mass is 9.90.